The lowest BCUT2D eigenvalue weighted by atomic mass is 9.92. The van der Waals surface area contributed by atoms with Crippen LogP contribution < -0.4 is 5.32 Å². The molecule has 3 amide bonds. The Morgan fingerprint density at radius 2 is 1.93 bits per heavy atom. The molecule has 2 aromatic heterocycles. The van der Waals surface area contributed by atoms with E-state index in [2.05, 4.69) is 15.4 Å². The summed E-state index contributed by atoms with van der Waals surface area (Å²) in [7, 11) is 1.31. The van der Waals surface area contributed by atoms with Crippen LogP contribution >= 0.6 is 22.9 Å². The maximum Gasteiger partial charge on any atom is 0.409 e. The first-order valence-electron chi connectivity index (χ1n) is 13.4. The van der Waals surface area contributed by atoms with Gasteiger partial charge in [0.1, 0.15) is 11.9 Å². The van der Waals surface area contributed by atoms with Crippen LogP contribution in [0.1, 0.15) is 35.3 Å². The van der Waals surface area contributed by atoms with Crippen molar-refractivity contribution in [2.45, 2.75) is 25.1 Å². The van der Waals surface area contributed by atoms with E-state index in [1.165, 1.54) is 53.8 Å². The average molecular weight is 635 g/mol. The van der Waals surface area contributed by atoms with E-state index in [9.17, 15) is 22.8 Å². The normalized spacial score (nSPS) is 20.4. The smallest absolute Gasteiger partial charge is 0.409 e. The average Bonchev–Trinajstić information content (AvgIpc) is 3.78. The number of ether oxygens (including phenoxy) is 1. The van der Waals surface area contributed by atoms with Gasteiger partial charge in [0.25, 0.3) is 0 Å². The molecular weight excluding hydrogens is 609 g/mol. The van der Waals surface area contributed by atoms with Gasteiger partial charge in [-0.15, -0.1) is 11.3 Å². The number of aliphatic imine (C=N–C) groups is 1. The topological polar surface area (TPSA) is 108 Å². The number of carbonyl (C=O) groups is 2. The Morgan fingerprint density at radius 1 is 1.16 bits per heavy atom. The van der Waals surface area contributed by atoms with Crippen LogP contribution in [0.4, 0.5) is 22.8 Å². The fraction of sp³-hybridized carbons (Fsp3) is 0.370. The fourth-order valence-corrected chi connectivity index (χ4v) is 6.45. The zero-order valence-corrected chi connectivity index (χ0v) is 24.4. The molecule has 6 rings (SSSR count). The van der Waals surface area contributed by atoms with E-state index in [0.717, 1.165) is 0 Å². The van der Waals surface area contributed by atoms with Gasteiger partial charge in [-0.05, 0) is 18.2 Å². The molecular formula is C27H26ClF3N8O3S. The number of thiazole rings is 1. The second-order valence-electron chi connectivity index (χ2n) is 10.1. The lowest BCUT2D eigenvalue weighted by molar-refractivity contribution is 0.0564. The SMILES string of the molecule is COC(=O)N1CCN(C(=O)N[C@H]2CC3=C(c4ccn(C(F)F)n4)[C@H](c4ccc(F)cc4Cl)N=C(c4nccs4)N3C2)CC1. The van der Waals surface area contributed by atoms with Gasteiger partial charge in [-0.1, -0.05) is 17.7 Å². The maximum atomic E-state index is 14.0. The van der Waals surface area contributed by atoms with Crippen molar-refractivity contribution in [2.24, 2.45) is 4.99 Å². The van der Waals surface area contributed by atoms with Crippen molar-refractivity contribution in [2.75, 3.05) is 39.8 Å². The number of nitrogens with zero attached hydrogens (tertiary/aromatic N) is 7. The highest BCUT2D eigenvalue weighted by atomic mass is 35.5. The van der Waals surface area contributed by atoms with Gasteiger partial charge in [0.2, 0.25) is 0 Å². The number of hydrogen-bond donors (Lipinski definition) is 1. The van der Waals surface area contributed by atoms with Crippen molar-refractivity contribution in [3.05, 3.63) is 74.8 Å². The summed E-state index contributed by atoms with van der Waals surface area (Å²) in [5.41, 5.74) is 1.97. The molecule has 0 radical (unpaired) electrons. The first-order chi connectivity index (χ1) is 20.7. The van der Waals surface area contributed by atoms with Gasteiger partial charge in [0.15, 0.2) is 10.8 Å². The van der Waals surface area contributed by atoms with Crippen molar-refractivity contribution in [3.8, 4) is 0 Å². The number of benzene rings is 1. The molecule has 2 fully saturated rings. The number of fused-ring (bicyclic) bond motifs is 1. The standard InChI is InChI=1S/C27H26ClF3N8O3S/c1-42-27(41)37-9-7-36(8-10-37)26(40)33-16-13-20-21(19-4-6-39(35-19)25(30)31)22(17-3-2-15(29)12-18(17)28)34-23(38(20)14-16)24-32-5-11-43-24/h2-6,11-12,16,22,25H,7-10,13-14H2,1H3,(H,33,40)/t16-,22-/m0/s1. The second kappa shape index (κ2) is 11.9. The number of nitrogens with one attached hydrogen (secondary N) is 1. The van der Waals surface area contributed by atoms with Crippen LogP contribution in [0.2, 0.25) is 5.02 Å². The van der Waals surface area contributed by atoms with Crippen LogP contribution in [0.5, 0.6) is 0 Å². The molecule has 3 aromatic rings. The number of aromatic nitrogens is 3. The van der Waals surface area contributed by atoms with E-state index in [1.54, 1.807) is 11.1 Å². The van der Waals surface area contributed by atoms with Crippen LogP contribution in [0.25, 0.3) is 5.57 Å². The van der Waals surface area contributed by atoms with E-state index < -0.39 is 24.5 Å². The summed E-state index contributed by atoms with van der Waals surface area (Å²) < 4.78 is 46.5. The van der Waals surface area contributed by atoms with Crippen LogP contribution in [-0.2, 0) is 4.74 Å². The zero-order valence-electron chi connectivity index (χ0n) is 22.8. The predicted molar refractivity (Wildman–Crippen MR) is 152 cm³/mol. The number of piperazine rings is 1. The molecule has 0 aliphatic carbocycles. The molecule has 3 aliphatic rings. The van der Waals surface area contributed by atoms with Crippen molar-refractivity contribution >= 4 is 46.5 Å². The highest BCUT2D eigenvalue weighted by Crippen LogP contribution is 2.46. The van der Waals surface area contributed by atoms with Crippen LogP contribution in [0, 0.1) is 5.82 Å². The Hall–Kier alpha value is -4.11. The Bertz CT molecular complexity index is 1590. The molecule has 43 heavy (non-hydrogen) atoms. The molecule has 3 aliphatic heterocycles. The molecule has 0 bridgehead atoms. The summed E-state index contributed by atoms with van der Waals surface area (Å²) in [6.07, 6.45) is 2.73. The Morgan fingerprint density at radius 3 is 2.58 bits per heavy atom. The van der Waals surface area contributed by atoms with E-state index in [0.29, 0.717) is 71.5 Å². The van der Waals surface area contributed by atoms with Crippen LogP contribution in [0.3, 0.4) is 0 Å². The molecule has 11 nitrogen and oxygen atoms in total. The number of rotatable bonds is 5. The molecule has 5 heterocycles. The van der Waals surface area contributed by atoms with Gasteiger partial charge >= 0.3 is 18.7 Å². The largest absolute Gasteiger partial charge is 0.453 e. The highest BCUT2D eigenvalue weighted by Gasteiger charge is 2.42. The number of methoxy groups -OCH3 is 1. The minimum Gasteiger partial charge on any atom is -0.453 e. The second-order valence-corrected chi connectivity index (χ2v) is 11.4. The number of carbonyl (C=O) groups excluding carboxylic acids is 2. The third-order valence-electron chi connectivity index (χ3n) is 7.55. The molecule has 1 aromatic carbocycles. The van der Waals surface area contributed by atoms with E-state index in [4.69, 9.17) is 21.3 Å². The van der Waals surface area contributed by atoms with Gasteiger partial charge < -0.3 is 24.8 Å². The number of alkyl halides is 2. The third kappa shape index (κ3) is 5.66. The first-order valence-corrected chi connectivity index (χ1v) is 14.6. The number of urea groups is 1. The third-order valence-corrected chi connectivity index (χ3v) is 8.65. The summed E-state index contributed by atoms with van der Waals surface area (Å²) in [6.45, 7) is -1.14. The first kappa shape index (κ1) is 29.0. The number of amides is 3. The quantitative estimate of drug-likeness (QED) is 0.439. The van der Waals surface area contributed by atoms with Crippen molar-refractivity contribution in [1.29, 1.82) is 0 Å². The lowest BCUT2D eigenvalue weighted by Crippen LogP contribution is -2.54. The van der Waals surface area contributed by atoms with E-state index in [-0.39, 0.29) is 22.8 Å². The van der Waals surface area contributed by atoms with E-state index >= 15 is 0 Å². The number of halogens is 4. The molecule has 0 saturated carbocycles. The summed E-state index contributed by atoms with van der Waals surface area (Å²) in [5, 5.41) is 9.77. The van der Waals surface area contributed by atoms with Crippen molar-refractivity contribution < 1.29 is 27.5 Å². The Kier molecular flexibility index (Phi) is 8.01. The van der Waals surface area contributed by atoms with Gasteiger partial charge in [0.05, 0.1) is 18.8 Å². The molecule has 226 valence electrons. The van der Waals surface area contributed by atoms with Crippen molar-refractivity contribution in [3.63, 3.8) is 0 Å². The highest BCUT2D eigenvalue weighted by molar-refractivity contribution is 7.11. The Labute approximate surface area is 253 Å². The Balaban J connectivity index is 1.36. The van der Waals surface area contributed by atoms with Crippen LogP contribution in [-0.4, -0.2) is 93.3 Å². The summed E-state index contributed by atoms with van der Waals surface area (Å²) in [4.78, 5) is 39.6. The minimum atomic E-state index is -2.85. The predicted octanol–water partition coefficient (Wildman–Crippen LogP) is 4.61. The molecule has 0 unspecified atom stereocenters. The van der Waals surface area contributed by atoms with Gasteiger partial charge in [-0.25, -0.2) is 23.6 Å². The summed E-state index contributed by atoms with van der Waals surface area (Å²) in [5.74, 6) is -0.00145. The number of hydrogen-bond acceptors (Lipinski definition) is 8. The summed E-state index contributed by atoms with van der Waals surface area (Å²) in [6, 6.07) is 3.98. The molecule has 16 heteroatoms. The van der Waals surface area contributed by atoms with Gasteiger partial charge in [0, 0.05) is 78.8 Å². The van der Waals surface area contributed by atoms with E-state index in [1.807, 2.05) is 10.3 Å². The van der Waals surface area contributed by atoms with Gasteiger partial charge in [-0.2, -0.15) is 13.9 Å². The maximum absolute atomic E-state index is 14.0. The zero-order chi connectivity index (χ0) is 30.2. The molecule has 2 atom stereocenters. The lowest BCUT2D eigenvalue weighted by Gasteiger charge is -2.34. The van der Waals surface area contributed by atoms with Crippen molar-refractivity contribution in [1.82, 2.24) is 34.8 Å². The van der Waals surface area contributed by atoms with Crippen LogP contribution in [0.15, 0.2) is 52.7 Å². The molecule has 2 saturated heterocycles. The molecule has 0 spiro atoms. The monoisotopic (exact) mass is 634 g/mol. The minimum absolute atomic E-state index is 0.126. The number of amidine groups is 1. The molecule has 1 N–H and O–H groups in total. The van der Waals surface area contributed by atoms with Gasteiger partial charge in [-0.3, -0.25) is 4.99 Å². The fourth-order valence-electron chi connectivity index (χ4n) is 5.54. The summed E-state index contributed by atoms with van der Waals surface area (Å²) >= 11 is 7.88.